The van der Waals surface area contributed by atoms with Crippen molar-refractivity contribution >= 4 is 5.97 Å². The van der Waals surface area contributed by atoms with Crippen LogP contribution >= 0.6 is 0 Å². The normalized spacial score (nSPS) is 12.3. The van der Waals surface area contributed by atoms with E-state index in [2.05, 4.69) is 0 Å². The standard InChI is InChI=1S/C8H14O3/c1-4-7(8(9)10)6(3)11-5-2/h4-5H2,1-3H3,(H,9,10)/p-1/b7-6-. The van der Waals surface area contributed by atoms with Crippen molar-refractivity contribution in [2.75, 3.05) is 6.61 Å². The first-order valence-electron chi connectivity index (χ1n) is 3.67. The first-order chi connectivity index (χ1) is 5.13. The minimum absolute atomic E-state index is 0.242. The summed E-state index contributed by atoms with van der Waals surface area (Å²) in [6, 6.07) is 0. The third kappa shape index (κ3) is 3.07. The van der Waals surface area contributed by atoms with Crippen LogP contribution in [0.2, 0.25) is 0 Å². The molecule has 3 heteroatoms. The van der Waals surface area contributed by atoms with Crippen LogP contribution in [0.4, 0.5) is 0 Å². The van der Waals surface area contributed by atoms with Gasteiger partial charge in [-0.15, -0.1) is 0 Å². The van der Waals surface area contributed by atoms with Crippen molar-refractivity contribution in [1.82, 2.24) is 0 Å². The van der Waals surface area contributed by atoms with Crippen molar-refractivity contribution in [3.05, 3.63) is 11.3 Å². The molecule has 0 N–H and O–H groups in total. The molecule has 0 rings (SSSR count). The van der Waals surface area contributed by atoms with E-state index in [1.807, 2.05) is 6.92 Å². The molecule has 0 heterocycles. The highest BCUT2D eigenvalue weighted by Crippen LogP contribution is 2.08. The molecule has 3 nitrogen and oxygen atoms in total. The molecule has 11 heavy (non-hydrogen) atoms. The van der Waals surface area contributed by atoms with E-state index in [0.29, 0.717) is 18.8 Å². The highest BCUT2D eigenvalue weighted by Gasteiger charge is 2.00. The first kappa shape index (κ1) is 10.0. The highest BCUT2D eigenvalue weighted by molar-refractivity contribution is 5.85. The molecule has 0 fully saturated rings. The SMILES string of the molecule is CCO/C(C)=C(/CC)C(=O)[O-]. The van der Waals surface area contributed by atoms with E-state index in [-0.39, 0.29) is 5.57 Å². The third-order valence-electron chi connectivity index (χ3n) is 1.39. The predicted octanol–water partition coefficient (Wildman–Crippen LogP) is 0.457. The van der Waals surface area contributed by atoms with Gasteiger partial charge in [0, 0.05) is 5.57 Å². The molecule has 0 amide bonds. The monoisotopic (exact) mass is 157 g/mol. The summed E-state index contributed by atoms with van der Waals surface area (Å²) in [6.07, 6.45) is 0.439. The summed E-state index contributed by atoms with van der Waals surface area (Å²) in [5.41, 5.74) is 0.242. The molecule has 0 unspecified atom stereocenters. The Kier molecular flexibility index (Phi) is 4.34. The van der Waals surface area contributed by atoms with Gasteiger partial charge in [-0.25, -0.2) is 0 Å². The molecular formula is C8H13O3-. The summed E-state index contributed by atoms with van der Waals surface area (Å²) in [6.45, 7) is 5.69. The fourth-order valence-corrected chi connectivity index (χ4v) is 0.841. The minimum Gasteiger partial charge on any atom is -0.545 e. The molecule has 0 spiro atoms. The van der Waals surface area contributed by atoms with Crippen molar-refractivity contribution in [3.63, 3.8) is 0 Å². The van der Waals surface area contributed by atoms with Crippen LogP contribution in [0.5, 0.6) is 0 Å². The second kappa shape index (κ2) is 4.77. The molecule has 0 aliphatic heterocycles. The lowest BCUT2D eigenvalue weighted by Gasteiger charge is -2.10. The lowest BCUT2D eigenvalue weighted by atomic mass is 10.2. The number of carbonyl (C=O) groups excluding carboxylic acids is 1. The maximum absolute atomic E-state index is 10.4. The van der Waals surface area contributed by atoms with Crippen LogP contribution in [-0.4, -0.2) is 12.6 Å². The Hall–Kier alpha value is -0.990. The zero-order chi connectivity index (χ0) is 8.85. The number of ether oxygens (including phenoxy) is 1. The lowest BCUT2D eigenvalue weighted by molar-refractivity contribution is -0.299. The quantitative estimate of drug-likeness (QED) is 0.440. The Labute approximate surface area is 66.7 Å². The van der Waals surface area contributed by atoms with Crippen LogP contribution in [0.25, 0.3) is 0 Å². The average Bonchev–Trinajstić information content (AvgIpc) is 1.88. The summed E-state index contributed by atoms with van der Waals surface area (Å²) in [4.78, 5) is 10.4. The van der Waals surface area contributed by atoms with Gasteiger partial charge in [0.1, 0.15) is 0 Å². The molecule has 0 aliphatic carbocycles. The molecule has 0 saturated heterocycles. The summed E-state index contributed by atoms with van der Waals surface area (Å²) in [5.74, 6) is -0.687. The van der Waals surface area contributed by atoms with Crippen LogP contribution < -0.4 is 5.11 Å². The van der Waals surface area contributed by atoms with Gasteiger partial charge in [0.2, 0.25) is 0 Å². The van der Waals surface area contributed by atoms with E-state index in [9.17, 15) is 9.90 Å². The fourth-order valence-electron chi connectivity index (χ4n) is 0.841. The number of hydrogen-bond donors (Lipinski definition) is 0. The maximum atomic E-state index is 10.4. The summed E-state index contributed by atoms with van der Waals surface area (Å²) < 4.78 is 5.01. The second-order valence-corrected chi connectivity index (χ2v) is 2.11. The van der Waals surface area contributed by atoms with Crippen LogP contribution in [0, 0.1) is 0 Å². The maximum Gasteiger partial charge on any atom is 0.0978 e. The largest absolute Gasteiger partial charge is 0.545 e. The Morgan fingerprint density at radius 3 is 2.27 bits per heavy atom. The zero-order valence-corrected chi connectivity index (χ0v) is 7.14. The number of carboxylic acids is 1. The van der Waals surface area contributed by atoms with Crippen LogP contribution in [0.1, 0.15) is 27.2 Å². The number of allylic oxidation sites excluding steroid dienone is 1. The van der Waals surface area contributed by atoms with Crippen molar-refractivity contribution < 1.29 is 14.6 Å². The van der Waals surface area contributed by atoms with Gasteiger partial charge in [-0.05, 0) is 20.3 Å². The fraction of sp³-hybridized carbons (Fsp3) is 0.625. The van der Waals surface area contributed by atoms with E-state index < -0.39 is 5.97 Å². The van der Waals surface area contributed by atoms with Gasteiger partial charge in [-0.1, -0.05) is 6.92 Å². The minimum atomic E-state index is -1.14. The van der Waals surface area contributed by atoms with Crippen LogP contribution in [0.15, 0.2) is 11.3 Å². The van der Waals surface area contributed by atoms with E-state index in [1.165, 1.54) is 0 Å². The molecule has 0 atom stereocenters. The van der Waals surface area contributed by atoms with Gasteiger partial charge >= 0.3 is 0 Å². The second-order valence-electron chi connectivity index (χ2n) is 2.11. The van der Waals surface area contributed by atoms with Crippen LogP contribution in [-0.2, 0) is 9.53 Å². The van der Waals surface area contributed by atoms with E-state index in [1.54, 1.807) is 13.8 Å². The number of rotatable bonds is 4. The molecule has 0 saturated carbocycles. The van der Waals surface area contributed by atoms with Crippen LogP contribution in [0.3, 0.4) is 0 Å². The Balaban J connectivity index is 4.40. The Bertz CT molecular complexity index is 170. The van der Waals surface area contributed by atoms with Gasteiger partial charge < -0.3 is 14.6 Å². The van der Waals surface area contributed by atoms with Crippen molar-refractivity contribution in [1.29, 1.82) is 0 Å². The molecule has 0 aromatic heterocycles. The lowest BCUT2D eigenvalue weighted by Crippen LogP contribution is -2.25. The number of aliphatic carboxylic acids is 1. The number of carboxylic acid groups (broad SMARTS) is 1. The third-order valence-corrected chi connectivity index (χ3v) is 1.39. The molecule has 0 bridgehead atoms. The van der Waals surface area contributed by atoms with E-state index in [0.717, 1.165) is 0 Å². The highest BCUT2D eigenvalue weighted by atomic mass is 16.5. The smallest absolute Gasteiger partial charge is 0.0978 e. The topological polar surface area (TPSA) is 49.4 Å². The zero-order valence-electron chi connectivity index (χ0n) is 7.14. The summed E-state index contributed by atoms with van der Waals surface area (Å²) in [7, 11) is 0. The Morgan fingerprint density at radius 1 is 1.45 bits per heavy atom. The molecule has 64 valence electrons. The predicted molar refractivity (Wildman–Crippen MR) is 39.6 cm³/mol. The van der Waals surface area contributed by atoms with Crippen molar-refractivity contribution in [2.24, 2.45) is 0 Å². The first-order valence-corrected chi connectivity index (χ1v) is 3.67. The molecule has 0 aromatic carbocycles. The van der Waals surface area contributed by atoms with Gasteiger partial charge in [0.15, 0.2) is 0 Å². The molecular weight excluding hydrogens is 144 g/mol. The van der Waals surface area contributed by atoms with Crippen molar-refractivity contribution in [2.45, 2.75) is 27.2 Å². The van der Waals surface area contributed by atoms with E-state index >= 15 is 0 Å². The summed E-state index contributed by atoms with van der Waals surface area (Å²) in [5, 5.41) is 10.4. The Morgan fingerprint density at radius 2 is 2.00 bits per heavy atom. The number of carbonyl (C=O) groups is 1. The van der Waals surface area contributed by atoms with E-state index in [4.69, 9.17) is 4.74 Å². The molecule has 0 aliphatic rings. The van der Waals surface area contributed by atoms with Gasteiger partial charge in [-0.2, -0.15) is 0 Å². The summed E-state index contributed by atoms with van der Waals surface area (Å²) >= 11 is 0. The molecule has 0 aromatic rings. The van der Waals surface area contributed by atoms with Gasteiger partial charge in [-0.3, -0.25) is 0 Å². The van der Waals surface area contributed by atoms with Gasteiger partial charge in [0.05, 0.1) is 18.3 Å². The van der Waals surface area contributed by atoms with Gasteiger partial charge in [0.25, 0.3) is 0 Å². The molecule has 0 radical (unpaired) electrons. The average molecular weight is 157 g/mol. The number of hydrogen-bond acceptors (Lipinski definition) is 3. The van der Waals surface area contributed by atoms with Crippen molar-refractivity contribution in [3.8, 4) is 0 Å².